The summed E-state index contributed by atoms with van der Waals surface area (Å²) in [6.45, 7) is 3.70. The number of benzene rings is 2. The fourth-order valence-electron chi connectivity index (χ4n) is 4.68. The maximum atomic E-state index is 13.2. The van der Waals surface area contributed by atoms with Crippen molar-refractivity contribution in [1.82, 2.24) is 25.1 Å². The fourth-order valence-corrected chi connectivity index (χ4v) is 4.68. The minimum Gasteiger partial charge on any atom is -0.457 e. The number of ether oxygens (including phenoxy) is 1. The molecular weight excluding hydrogens is 498 g/mol. The summed E-state index contributed by atoms with van der Waals surface area (Å²) < 4.78 is 5.78. The number of para-hydroxylation sites is 1. The minimum atomic E-state index is -0.856. The Balaban J connectivity index is 1.13. The van der Waals surface area contributed by atoms with Crippen molar-refractivity contribution in [2.24, 2.45) is 0 Å². The third-order valence-corrected chi connectivity index (χ3v) is 6.71. The number of carbonyl (C=O) groups excluding carboxylic acids is 3. The van der Waals surface area contributed by atoms with Crippen LogP contribution in [0, 0.1) is 0 Å². The van der Waals surface area contributed by atoms with Crippen LogP contribution in [0.25, 0.3) is 0 Å². The second-order valence-electron chi connectivity index (χ2n) is 9.40. The zero-order valence-corrected chi connectivity index (χ0v) is 21.5. The molecule has 2 aromatic carbocycles. The molecule has 2 N–H and O–H groups in total. The quantitative estimate of drug-likeness (QED) is 0.453. The smallest absolute Gasteiger partial charge is 0.243 e. The van der Waals surface area contributed by atoms with Gasteiger partial charge in [0.15, 0.2) is 0 Å². The Morgan fingerprint density at radius 3 is 2.31 bits per heavy atom. The van der Waals surface area contributed by atoms with Crippen LogP contribution in [-0.2, 0) is 14.4 Å². The first-order valence-electron chi connectivity index (χ1n) is 13.0. The summed E-state index contributed by atoms with van der Waals surface area (Å²) in [6.07, 6.45) is 3.30. The lowest BCUT2D eigenvalue weighted by atomic mass is 10.1. The fraction of sp³-hybridized carbons (Fsp3) is 0.321. The predicted molar refractivity (Wildman–Crippen MR) is 145 cm³/mol. The normalized spacial score (nSPS) is 17.8. The molecule has 39 heavy (non-hydrogen) atoms. The lowest BCUT2D eigenvalue weighted by Gasteiger charge is -2.38. The van der Waals surface area contributed by atoms with E-state index in [1.165, 1.54) is 4.90 Å². The van der Waals surface area contributed by atoms with Crippen LogP contribution in [0.2, 0.25) is 0 Å². The van der Waals surface area contributed by atoms with E-state index in [1.54, 1.807) is 42.7 Å². The van der Waals surface area contributed by atoms with Crippen LogP contribution < -0.4 is 20.3 Å². The van der Waals surface area contributed by atoms with Gasteiger partial charge >= 0.3 is 0 Å². The summed E-state index contributed by atoms with van der Waals surface area (Å²) in [5.41, 5.74) is 0.578. The number of rotatable bonds is 8. The molecule has 5 rings (SSSR count). The van der Waals surface area contributed by atoms with Crippen molar-refractivity contribution in [2.45, 2.75) is 12.5 Å². The number of anilines is 2. The first kappa shape index (κ1) is 26.1. The Bertz CT molecular complexity index is 1270. The Kier molecular flexibility index (Phi) is 8.27. The molecule has 1 atom stereocenters. The molecule has 3 aromatic rings. The van der Waals surface area contributed by atoms with Gasteiger partial charge in [0, 0.05) is 57.3 Å². The molecule has 11 heteroatoms. The molecule has 2 aliphatic rings. The summed E-state index contributed by atoms with van der Waals surface area (Å²) in [5.74, 6) is 1.22. The van der Waals surface area contributed by atoms with Crippen molar-refractivity contribution < 1.29 is 19.1 Å². The molecule has 2 saturated heterocycles. The lowest BCUT2D eigenvalue weighted by Crippen LogP contribution is -2.60. The number of aromatic nitrogens is 2. The molecular formula is C28H31N7O4. The summed E-state index contributed by atoms with van der Waals surface area (Å²) >= 11 is 0. The number of nitrogens with one attached hydrogen (secondary N) is 2. The topological polar surface area (TPSA) is 120 Å². The summed E-state index contributed by atoms with van der Waals surface area (Å²) in [7, 11) is 0. The molecule has 0 spiro atoms. The maximum absolute atomic E-state index is 13.2. The van der Waals surface area contributed by atoms with E-state index in [-0.39, 0.29) is 30.7 Å². The third kappa shape index (κ3) is 6.88. The van der Waals surface area contributed by atoms with Crippen molar-refractivity contribution in [3.63, 3.8) is 0 Å². The van der Waals surface area contributed by atoms with Crippen LogP contribution in [0.4, 0.5) is 11.6 Å². The van der Waals surface area contributed by atoms with Gasteiger partial charge in [-0.1, -0.05) is 18.2 Å². The van der Waals surface area contributed by atoms with E-state index in [1.807, 2.05) is 30.3 Å². The molecule has 3 heterocycles. The molecule has 1 aromatic heterocycles. The molecule has 2 fully saturated rings. The van der Waals surface area contributed by atoms with Gasteiger partial charge in [0.2, 0.25) is 23.7 Å². The van der Waals surface area contributed by atoms with Gasteiger partial charge in [-0.05, 0) is 42.5 Å². The van der Waals surface area contributed by atoms with E-state index in [0.29, 0.717) is 56.7 Å². The summed E-state index contributed by atoms with van der Waals surface area (Å²) in [5, 5.41) is 5.60. The van der Waals surface area contributed by atoms with Gasteiger partial charge in [0.05, 0.1) is 13.0 Å². The van der Waals surface area contributed by atoms with Crippen molar-refractivity contribution >= 4 is 29.4 Å². The zero-order chi connectivity index (χ0) is 27.0. The Labute approximate surface area is 226 Å². The highest BCUT2D eigenvalue weighted by Gasteiger charge is 2.35. The number of nitrogens with zero attached hydrogens (tertiary/aromatic N) is 5. The van der Waals surface area contributed by atoms with Gasteiger partial charge < -0.3 is 25.2 Å². The van der Waals surface area contributed by atoms with Crippen LogP contribution in [0.3, 0.4) is 0 Å². The predicted octanol–water partition coefficient (Wildman–Crippen LogP) is 1.75. The summed E-state index contributed by atoms with van der Waals surface area (Å²) in [6, 6.07) is 17.3. The first-order valence-corrected chi connectivity index (χ1v) is 13.0. The van der Waals surface area contributed by atoms with Gasteiger partial charge in [-0.3, -0.25) is 19.3 Å². The highest BCUT2D eigenvalue weighted by Crippen LogP contribution is 2.23. The SMILES string of the molecule is O=C(C[C@@H]1C(=O)NCCN1C(=O)CN1CCN(c2ncccn2)CC1)Nc1ccc(Oc2ccccc2)cc1. The van der Waals surface area contributed by atoms with Crippen LogP contribution in [-0.4, -0.2) is 89.3 Å². The molecule has 11 nitrogen and oxygen atoms in total. The number of piperazine rings is 2. The Morgan fingerprint density at radius 1 is 0.897 bits per heavy atom. The zero-order valence-electron chi connectivity index (χ0n) is 21.5. The van der Waals surface area contributed by atoms with Crippen LogP contribution in [0.5, 0.6) is 11.5 Å². The van der Waals surface area contributed by atoms with Crippen LogP contribution >= 0.6 is 0 Å². The Hall–Kier alpha value is -4.51. The molecule has 0 radical (unpaired) electrons. The highest BCUT2D eigenvalue weighted by molar-refractivity contribution is 5.97. The van der Waals surface area contributed by atoms with Crippen molar-refractivity contribution in [2.75, 3.05) is 56.0 Å². The molecule has 0 aliphatic carbocycles. The van der Waals surface area contributed by atoms with Crippen molar-refractivity contribution in [1.29, 1.82) is 0 Å². The molecule has 0 bridgehead atoms. The van der Waals surface area contributed by atoms with Gasteiger partial charge in [0.25, 0.3) is 0 Å². The average molecular weight is 530 g/mol. The average Bonchev–Trinajstić information content (AvgIpc) is 2.96. The van der Waals surface area contributed by atoms with E-state index >= 15 is 0 Å². The summed E-state index contributed by atoms with van der Waals surface area (Å²) in [4.78, 5) is 53.0. The number of carbonyl (C=O) groups is 3. The molecule has 0 unspecified atom stereocenters. The number of amides is 3. The van der Waals surface area contributed by atoms with Gasteiger partial charge in [0.1, 0.15) is 17.5 Å². The van der Waals surface area contributed by atoms with E-state index in [9.17, 15) is 14.4 Å². The largest absolute Gasteiger partial charge is 0.457 e. The van der Waals surface area contributed by atoms with Crippen molar-refractivity contribution in [3.05, 3.63) is 73.1 Å². The van der Waals surface area contributed by atoms with E-state index < -0.39 is 6.04 Å². The van der Waals surface area contributed by atoms with Gasteiger partial charge in [-0.25, -0.2) is 9.97 Å². The van der Waals surface area contributed by atoms with E-state index in [2.05, 4.69) is 30.4 Å². The van der Waals surface area contributed by atoms with Gasteiger partial charge in [-0.2, -0.15) is 0 Å². The first-order chi connectivity index (χ1) is 19.0. The maximum Gasteiger partial charge on any atom is 0.243 e. The Morgan fingerprint density at radius 2 is 1.59 bits per heavy atom. The van der Waals surface area contributed by atoms with Crippen molar-refractivity contribution in [3.8, 4) is 11.5 Å². The standard InChI is InChI=1S/C28H31N7O4/c36-25(32-21-7-9-23(10-8-21)39-22-5-2-1-3-6-22)19-24-27(38)29-13-14-35(24)26(37)20-33-15-17-34(18-16-33)28-30-11-4-12-31-28/h1-12,24H,13-20H2,(H,29,38)(H,32,36)/t24-/m1/s1. The monoisotopic (exact) mass is 529 g/mol. The number of hydrogen-bond acceptors (Lipinski definition) is 8. The second kappa shape index (κ2) is 12.4. The van der Waals surface area contributed by atoms with Gasteiger partial charge in [-0.15, -0.1) is 0 Å². The third-order valence-electron chi connectivity index (χ3n) is 6.71. The second-order valence-corrected chi connectivity index (χ2v) is 9.40. The molecule has 3 amide bonds. The molecule has 202 valence electrons. The minimum absolute atomic E-state index is 0.126. The highest BCUT2D eigenvalue weighted by atomic mass is 16.5. The molecule has 0 saturated carbocycles. The van der Waals surface area contributed by atoms with Crippen LogP contribution in [0.1, 0.15) is 6.42 Å². The van der Waals surface area contributed by atoms with E-state index in [4.69, 9.17) is 4.74 Å². The number of hydrogen-bond donors (Lipinski definition) is 2. The van der Waals surface area contributed by atoms with Crippen LogP contribution in [0.15, 0.2) is 73.1 Å². The lowest BCUT2D eigenvalue weighted by molar-refractivity contribution is -0.145. The van der Waals surface area contributed by atoms with E-state index in [0.717, 1.165) is 5.75 Å². The molecule has 2 aliphatic heterocycles.